The molecule has 1 N–H and O–H groups in total. The maximum atomic E-state index is 11.2. The molecular formula is C10H20N2OS. The zero-order chi connectivity index (χ0) is 10.2. The molecule has 0 amide bonds. The summed E-state index contributed by atoms with van der Waals surface area (Å²) in [5.74, 6) is 2.62. The lowest BCUT2D eigenvalue weighted by atomic mass is 10.2. The highest BCUT2D eigenvalue weighted by molar-refractivity contribution is 7.84. The summed E-state index contributed by atoms with van der Waals surface area (Å²) in [6.45, 7) is 3.72. The van der Waals surface area contributed by atoms with E-state index in [1.165, 1.54) is 19.3 Å². The largest absolute Gasteiger partial charge is 0.373 e. The smallest absolute Gasteiger partial charge is 0.0963 e. The lowest BCUT2D eigenvalue weighted by Gasteiger charge is -2.07. The number of amidine groups is 1. The van der Waals surface area contributed by atoms with E-state index in [1.54, 1.807) is 0 Å². The van der Waals surface area contributed by atoms with E-state index < -0.39 is 10.8 Å². The van der Waals surface area contributed by atoms with Crippen LogP contribution in [0.2, 0.25) is 0 Å². The van der Waals surface area contributed by atoms with Crippen LogP contribution >= 0.6 is 0 Å². The van der Waals surface area contributed by atoms with Crippen LogP contribution in [0.25, 0.3) is 0 Å². The Kier molecular flexibility index (Phi) is 5.83. The number of hydrogen-bond acceptors (Lipinski definition) is 3. The molecule has 1 heterocycles. The highest BCUT2D eigenvalue weighted by Crippen LogP contribution is 2.05. The SMILES string of the molecule is CCS(=O)CCNC1=NCCCCC1. The van der Waals surface area contributed by atoms with Crippen molar-refractivity contribution in [3.05, 3.63) is 0 Å². The normalized spacial score (nSPS) is 19.6. The zero-order valence-corrected chi connectivity index (χ0v) is 9.74. The van der Waals surface area contributed by atoms with E-state index in [1.807, 2.05) is 6.92 Å². The van der Waals surface area contributed by atoms with Gasteiger partial charge in [0.1, 0.15) is 0 Å². The Bertz CT molecular complexity index is 216. The molecule has 0 aliphatic carbocycles. The summed E-state index contributed by atoms with van der Waals surface area (Å²) in [7, 11) is -0.653. The molecule has 0 saturated carbocycles. The molecule has 0 fully saturated rings. The summed E-state index contributed by atoms with van der Waals surface area (Å²) in [6.07, 6.45) is 4.81. The van der Waals surface area contributed by atoms with Gasteiger partial charge in [0.2, 0.25) is 0 Å². The monoisotopic (exact) mass is 216 g/mol. The fourth-order valence-electron chi connectivity index (χ4n) is 1.47. The molecule has 0 spiro atoms. The Labute approximate surface area is 88.8 Å². The van der Waals surface area contributed by atoms with E-state index in [0.717, 1.165) is 36.9 Å². The molecule has 1 unspecified atom stereocenters. The van der Waals surface area contributed by atoms with E-state index in [-0.39, 0.29) is 0 Å². The average Bonchev–Trinajstić information content (AvgIpc) is 2.46. The van der Waals surface area contributed by atoms with Crippen molar-refractivity contribution in [2.75, 3.05) is 24.6 Å². The molecule has 0 saturated heterocycles. The summed E-state index contributed by atoms with van der Waals surface area (Å²) >= 11 is 0. The van der Waals surface area contributed by atoms with Crippen LogP contribution in [0, 0.1) is 0 Å². The summed E-state index contributed by atoms with van der Waals surface area (Å²) in [4.78, 5) is 4.45. The van der Waals surface area contributed by atoms with Gasteiger partial charge in [-0.3, -0.25) is 9.20 Å². The van der Waals surface area contributed by atoms with Gasteiger partial charge in [-0.1, -0.05) is 13.3 Å². The van der Waals surface area contributed by atoms with Gasteiger partial charge in [-0.15, -0.1) is 0 Å². The fraction of sp³-hybridized carbons (Fsp3) is 0.900. The quantitative estimate of drug-likeness (QED) is 0.770. The van der Waals surface area contributed by atoms with Gasteiger partial charge in [0.15, 0.2) is 0 Å². The van der Waals surface area contributed by atoms with Crippen molar-refractivity contribution in [3.8, 4) is 0 Å². The van der Waals surface area contributed by atoms with E-state index in [0.29, 0.717) is 0 Å². The Morgan fingerprint density at radius 2 is 2.29 bits per heavy atom. The average molecular weight is 216 g/mol. The molecule has 0 aromatic carbocycles. The van der Waals surface area contributed by atoms with E-state index in [4.69, 9.17) is 0 Å². The summed E-state index contributed by atoms with van der Waals surface area (Å²) in [5, 5.41) is 3.28. The first kappa shape index (κ1) is 11.7. The van der Waals surface area contributed by atoms with Gasteiger partial charge < -0.3 is 5.32 Å². The van der Waals surface area contributed by atoms with E-state index >= 15 is 0 Å². The summed E-state index contributed by atoms with van der Waals surface area (Å²) in [5.41, 5.74) is 0. The maximum absolute atomic E-state index is 11.2. The molecule has 3 nitrogen and oxygen atoms in total. The molecule has 1 aliphatic rings. The molecular weight excluding hydrogens is 196 g/mol. The van der Waals surface area contributed by atoms with Crippen molar-refractivity contribution >= 4 is 16.6 Å². The molecule has 82 valence electrons. The van der Waals surface area contributed by atoms with Crippen LogP contribution in [0.1, 0.15) is 32.6 Å². The summed E-state index contributed by atoms with van der Waals surface area (Å²) in [6, 6.07) is 0. The molecule has 1 atom stereocenters. The molecule has 1 aliphatic heterocycles. The molecule has 0 radical (unpaired) electrons. The zero-order valence-electron chi connectivity index (χ0n) is 8.92. The molecule has 14 heavy (non-hydrogen) atoms. The van der Waals surface area contributed by atoms with Crippen molar-refractivity contribution in [2.24, 2.45) is 4.99 Å². The molecule has 1 rings (SSSR count). The highest BCUT2D eigenvalue weighted by Gasteiger charge is 2.03. The Morgan fingerprint density at radius 1 is 1.43 bits per heavy atom. The van der Waals surface area contributed by atoms with Crippen LogP contribution in [0.15, 0.2) is 4.99 Å². The number of nitrogens with zero attached hydrogens (tertiary/aromatic N) is 1. The number of aliphatic imine (C=N–C) groups is 1. The summed E-state index contributed by atoms with van der Waals surface area (Å²) < 4.78 is 11.2. The van der Waals surface area contributed by atoms with Gasteiger partial charge >= 0.3 is 0 Å². The van der Waals surface area contributed by atoms with Crippen LogP contribution in [-0.4, -0.2) is 34.6 Å². The van der Waals surface area contributed by atoms with Crippen molar-refractivity contribution < 1.29 is 4.21 Å². The van der Waals surface area contributed by atoms with E-state index in [9.17, 15) is 4.21 Å². The van der Waals surface area contributed by atoms with Crippen LogP contribution in [0.4, 0.5) is 0 Å². The van der Waals surface area contributed by atoms with Crippen LogP contribution in [-0.2, 0) is 10.8 Å². The third kappa shape index (κ3) is 4.74. The number of nitrogens with one attached hydrogen (secondary N) is 1. The fourth-order valence-corrected chi connectivity index (χ4v) is 2.09. The second-order valence-electron chi connectivity index (χ2n) is 3.50. The van der Waals surface area contributed by atoms with Crippen molar-refractivity contribution in [3.63, 3.8) is 0 Å². The van der Waals surface area contributed by atoms with Crippen molar-refractivity contribution in [2.45, 2.75) is 32.6 Å². The first-order valence-electron chi connectivity index (χ1n) is 5.45. The van der Waals surface area contributed by atoms with Crippen molar-refractivity contribution in [1.82, 2.24) is 5.32 Å². The molecule has 4 heteroatoms. The predicted octanol–water partition coefficient (Wildman–Crippen LogP) is 1.32. The lowest BCUT2D eigenvalue weighted by Crippen LogP contribution is -2.27. The molecule has 0 aromatic heterocycles. The van der Waals surface area contributed by atoms with Gasteiger partial charge in [0.25, 0.3) is 0 Å². The Morgan fingerprint density at radius 3 is 3.07 bits per heavy atom. The van der Waals surface area contributed by atoms with Crippen LogP contribution in [0.3, 0.4) is 0 Å². The first-order valence-corrected chi connectivity index (χ1v) is 6.94. The van der Waals surface area contributed by atoms with Crippen LogP contribution in [0.5, 0.6) is 0 Å². The Balaban J connectivity index is 2.16. The minimum atomic E-state index is -0.653. The van der Waals surface area contributed by atoms with Gasteiger partial charge in [-0.25, -0.2) is 0 Å². The Hall–Kier alpha value is -0.380. The first-order chi connectivity index (χ1) is 6.83. The van der Waals surface area contributed by atoms with Crippen molar-refractivity contribution in [1.29, 1.82) is 0 Å². The predicted molar refractivity (Wildman–Crippen MR) is 62.3 cm³/mol. The third-order valence-electron chi connectivity index (χ3n) is 2.36. The van der Waals surface area contributed by atoms with Gasteiger partial charge in [0, 0.05) is 41.8 Å². The number of rotatable bonds is 4. The van der Waals surface area contributed by atoms with Gasteiger partial charge in [0.05, 0.1) is 5.84 Å². The van der Waals surface area contributed by atoms with Gasteiger partial charge in [-0.05, 0) is 12.8 Å². The topological polar surface area (TPSA) is 41.5 Å². The highest BCUT2D eigenvalue weighted by atomic mass is 32.2. The maximum Gasteiger partial charge on any atom is 0.0963 e. The molecule has 0 bridgehead atoms. The number of hydrogen-bond donors (Lipinski definition) is 1. The standard InChI is InChI=1S/C10H20N2OS/c1-2-14(13)9-8-12-10-6-4-3-5-7-11-10/h2-9H2,1H3,(H,11,12). The van der Waals surface area contributed by atoms with Crippen LogP contribution < -0.4 is 5.32 Å². The second-order valence-corrected chi connectivity index (χ2v) is 5.36. The molecule has 0 aromatic rings. The third-order valence-corrected chi connectivity index (χ3v) is 3.66. The van der Waals surface area contributed by atoms with E-state index in [2.05, 4.69) is 10.3 Å². The minimum absolute atomic E-state index is 0.653. The second kappa shape index (κ2) is 6.98. The minimum Gasteiger partial charge on any atom is -0.373 e. The lowest BCUT2D eigenvalue weighted by molar-refractivity contribution is 0.682. The van der Waals surface area contributed by atoms with Gasteiger partial charge in [-0.2, -0.15) is 0 Å².